The molecule has 140 valence electrons. The molecule has 0 aliphatic heterocycles. The molecule has 3 N–H and O–H groups in total. The molecule has 3 aromatic rings. The number of nitrogens with one attached hydrogen (secondary N) is 1. The summed E-state index contributed by atoms with van der Waals surface area (Å²) >= 11 is 0. The number of carbonyl (C=O) groups is 1. The van der Waals surface area contributed by atoms with E-state index in [1.165, 1.54) is 24.3 Å². The summed E-state index contributed by atoms with van der Waals surface area (Å²) in [5.74, 6) is -0.612. The van der Waals surface area contributed by atoms with Gasteiger partial charge in [0, 0.05) is 17.5 Å². The van der Waals surface area contributed by atoms with Crippen LogP contribution in [0.25, 0.3) is 10.9 Å². The Morgan fingerprint density at radius 2 is 1.78 bits per heavy atom. The zero-order chi connectivity index (χ0) is 19.6. The van der Waals surface area contributed by atoms with Gasteiger partial charge in [0.2, 0.25) is 5.91 Å². The molecule has 0 aliphatic carbocycles. The number of primary amides is 1. The Bertz CT molecular complexity index is 1090. The monoisotopic (exact) mass is 384 g/mol. The minimum atomic E-state index is -3.84. The molecular formula is C19H20N4O3S. The Morgan fingerprint density at radius 3 is 2.41 bits per heavy atom. The number of carbonyl (C=O) groups excluding carboxylic acids is 1. The Kier molecular flexibility index (Phi) is 5.11. The number of sulfonamides is 1. The van der Waals surface area contributed by atoms with Gasteiger partial charge in [-0.05, 0) is 50.5 Å². The zero-order valence-electron chi connectivity index (χ0n) is 15.0. The van der Waals surface area contributed by atoms with Crippen LogP contribution < -0.4 is 10.5 Å². The number of benzene rings is 2. The van der Waals surface area contributed by atoms with Crippen molar-refractivity contribution in [2.75, 3.05) is 18.8 Å². The van der Waals surface area contributed by atoms with Gasteiger partial charge in [-0.3, -0.25) is 9.52 Å². The van der Waals surface area contributed by atoms with E-state index in [0.717, 1.165) is 11.1 Å². The standard InChI is InChI=1S/C19H20N4O3S/c1-23(2)12-15-9-6-13-4-3-5-17(18(13)21-15)22-27(25,26)16-10-7-14(8-11-16)19(20)24/h3-11,22H,12H2,1-2H3,(H2,20,24). The van der Waals surface area contributed by atoms with Crippen LogP contribution in [0.5, 0.6) is 0 Å². The predicted molar refractivity (Wildman–Crippen MR) is 105 cm³/mol. The van der Waals surface area contributed by atoms with E-state index in [1.807, 2.05) is 37.2 Å². The van der Waals surface area contributed by atoms with Crippen LogP contribution in [-0.4, -0.2) is 38.3 Å². The SMILES string of the molecule is CN(C)Cc1ccc2cccc(NS(=O)(=O)c3ccc(C(N)=O)cc3)c2n1. The topological polar surface area (TPSA) is 105 Å². The Hall–Kier alpha value is -2.97. The molecule has 3 rings (SSSR count). The molecule has 0 atom stereocenters. The van der Waals surface area contributed by atoms with Gasteiger partial charge in [0.25, 0.3) is 10.0 Å². The zero-order valence-corrected chi connectivity index (χ0v) is 15.8. The summed E-state index contributed by atoms with van der Waals surface area (Å²) in [6.45, 7) is 0.644. The third-order valence-electron chi connectivity index (χ3n) is 3.95. The van der Waals surface area contributed by atoms with E-state index in [1.54, 1.807) is 12.1 Å². The molecule has 7 nitrogen and oxygen atoms in total. The van der Waals surface area contributed by atoms with Crippen molar-refractivity contribution < 1.29 is 13.2 Å². The van der Waals surface area contributed by atoms with Crippen molar-refractivity contribution in [1.29, 1.82) is 0 Å². The summed E-state index contributed by atoms with van der Waals surface area (Å²) in [5.41, 5.74) is 7.25. The average molecular weight is 384 g/mol. The number of hydrogen-bond donors (Lipinski definition) is 2. The molecular weight excluding hydrogens is 364 g/mol. The first-order valence-electron chi connectivity index (χ1n) is 8.22. The number of anilines is 1. The lowest BCUT2D eigenvalue weighted by Gasteiger charge is -2.13. The number of rotatable bonds is 6. The van der Waals surface area contributed by atoms with Gasteiger partial charge in [-0.2, -0.15) is 0 Å². The number of aromatic nitrogens is 1. The molecule has 0 aliphatic rings. The second-order valence-corrected chi connectivity index (χ2v) is 8.09. The van der Waals surface area contributed by atoms with Gasteiger partial charge in [0.1, 0.15) is 0 Å². The molecule has 8 heteroatoms. The van der Waals surface area contributed by atoms with Gasteiger partial charge >= 0.3 is 0 Å². The van der Waals surface area contributed by atoms with Crippen molar-refractivity contribution in [2.45, 2.75) is 11.4 Å². The van der Waals surface area contributed by atoms with E-state index in [0.29, 0.717) is 17.7 Å². The summed E-state index contributed by atoms with van der Waals surface area (Å²) < 4.78 is 28.0. The van der Waals surface area contributed by atoms with Gasteiger partial charge in [-0.25, -0.2) is 13.4 Å². The molecule has 0 fully saturated rings. The predicted octanol–water partition coefficient (Wildman–Crippen LogP) is 2.20. The van der Waals surface area contributed by atoms with Crippen LogP contribution in [-0.2, 0) is 16.6 Å². The molecule has 0 unspecified atom stereocenters. The molecule has 1 amide bonds. The summed E-state index contributed by atoms with van der Waals surface area (Å²) in [4.78, 5) is 17.8. The molecule has 0 saturated heterocycles. The van der Waals surface area contributed by atoms with Crippen LogP contribution in [0.4, 0.5) is 5.69 Å². The highest BCUT2D eigenvalue weighted by Gasteiger charge is 2.17. The Balaban J connectivity index is 1.98. The largest absolute Gasteiger partial charge is 0.366 e. The Morgan fingerprint density at radius 1 is 1.07 bits per heavy atom. The van der Waals surface area contributed by atoms with Gasteiger partial charge in [-0.1, -0.05) is 18.2 Å². The van der Waals surface area contributed by atoms with Gasteiger partial charge in [0.15, 0.2) is 0 Å². The number of hydrogen-bond acceptors (Lipinski definition) is 5. The van der Waals surface area contributed by atoms with E-state index in [-0.39, 0.29) is 10.5 Å². The molecule has 2 aromatic carbocycles. The summed E-state index contributed by atoms with van der Waals surface area (Å²) in [5, 5.41) is 0.835. The van der Waals surface area contributed by atoms with E-state index in [2.05, 4.69) is 9.71 Å². The average Bonchev–Trinajstić information content (AvgIpc) is 2.61. The van der Waals surface area contributed by atoms with Gasteiger partial charge < -0.3 is 10.6 Å². The number of fused-ring (bicyclic) bond motifs is 1. The maximum atomic E-state index is 12.7. The molecule has 0 saturated carbocycles. The number of pyridine rings is 1. The van der Waals surface area contributed by atoms with Crippen LogP contribution in [0, 0.1) is 0 Å². The van der Waals surface area contributed by atoms with E-state index >= 15 is 0 Å². The fraction of sp³-hybridized carbons (Fsp3) is 0.158. The maximum absolute atomic E-state index is 12.7. The second kappa shape index (κ2) is 7.34. The molecule has 0 spiro atoms. The highest BCUT2D eigenvalue weighted by Crippen LogP contribution is 2.25. The number of nitrogens with zero attached hydrogens (tertiary/aromatic N) is 2. The lowest BCUT2D eigenvalue weighted by atomic mass is 10.2. The second-order valence-electron chi connectivity index (χ2n) is 6.41. The van der Waals surface area contributed by atoms with E-state index < -0.39 is 15.9 Å². The lowest BCUT2D eigenvalue weighted by molar-refractivity contribution is 0.1000. The summed E-state index contributed by atoms with van der Waals surface area (Å²) in [6, 6.07) is 14.6. The summed E-state index contributed by atoms with van der Waals surface area (Å²) in [7, 11) is 0.0457. The van der Waals surface area contributed by atoms with Crippen molar-refractivity contribution in [3.63, 3.8) is 0 Å². The van der Waals surface area contributed by atoms with Crippen molar-refractivity contribution in [3.05, 3.63) is 65.9 Å². The fourth-order valence-corrected chi connectivity index (χ4v) is 3.75. The Labute approximate surface area is 157 Å². The third-order valence-corrected chi connectivity index (χ3v) is 5.33. The molecule has 27 heavy (non-hydrogen) atoms. The van der Waals surface area contributed by atoms with Crippen LogP contribution in [0.15, 0.2) is 59.5 Å². The van der Waals surface area contributed by atoms with E-state index in [9.17, 15) is 13.2 Å². The number of nitrogens with two attached hydrogens (primary N) is 1. The minimum Gasteiger partial charge on any atom is -0.366 e. The van der Waals surface area contributed by atoms with Crippen LogP contribution >= 0.6 is 0 Å². The van der Waals surface area contributed by atoms with Gasteiger partial charge in [0.05, 0.1) is 21.8 Å². The van der Waals surface area contributed by atoms with Crippen LogP contribution in [0.2, 0.25) is 0 Å². The van der Waals surface area contributed by atoms with Crippen molar-refractivity contribution in [2.24, 2.45) is 5.73 Å². The maximum Gasteiger partial charge on any atom is 0.261 e. The lowest BCUT2D eigenvalue weighted by Crippen LogP contribution is -2.15. The number of amides is 1. The van der Waals surface area contributed by atoms with Crippen molar-refractivity contribution in [3.8, 4) is 0 Å². The van der Waals surface area contributed by atoms with Gasteiger partial charge in [-0.15, -0.1) is 0 Å². The number of para-hydroxylation sites is 1. The normalized spacial score (nSPS) is 11.7. The smallest absolute Gasteiger partial charge is 0.261 e. The first-order chi connectivity index (χ1) is 12.8. The quantitative estimate of drug-likeness (QED) is 0.678. The first-order valence-corrected chi connectivity index (χ1v) is 9.71. The van der Waals surface area contributed by atoms with Crippen molar-refractivity contribution in [1.82, 2.24) is 9.88 Å². The highest BCUT2D eigenvalue weighted by molar-refractivity contribution is 7.92. The first kappa shape index (κ1) is 18.8. The van der Waals surface area contributed by atoms with Crippen molar-refractivity contribution >= 4 is 32.5 Å². The van der Waals surface area contributed by atoms with E-state index in [4.69, 9.17) is 5.73 Å². The molecule has 0 radical (unpaired) electrons. The van der Waals surface area contributed by atoms with Crippen LogP contribution in [0.3, 0.4) is 0 Å². The minimum absolute atomic E-state index is 0.0361. The molecule has 1 heterocycles. The summed E-state index contributed by atoms with van der Waals surface area (Å²) in [6.07, 6.45) is 0. The fourth-order valence-electron chi connectivity index (χ4n) is 2.68. The third kappa shape index (κ3) is 4.24. The molecule has 0 bridgehead atoms. The van der Waals surface area contributed by atoms with Crippen LogP contribution in [0.1, 0.15) is 16.1 Å². The molecule has 1 aromatic heterocycles. The highest BCUT2D eigenvalue weighted by atomic mass is 32.2.